The van der Waals surface area contributed by atoms with Gasteiger partial charge in [-0.3, -0.25) is 9.59 Å². The van der Waals surface area contributed by atoms with Crippen molar-refractivity contribution < 1.29 is 19.1 Å². The lowest BCUT2D eigenvalue weighted by atomic mass is 9.75. The van der Waals surface area contributed by atoms with Gasteiger partial charge >= 0.3 is 6.09 Å². The molecule has 0 saturated carbocycles. The van der Waals surface area contributed by atoms with Gasteiger partial charge in [0.25, 0.3) is 0 Å². The lowest BCUT2D eigenvalue weighted by Gasteiger charge is -2.32. The molecule has 0 unspecified atom stereocenters. The molecule has 1 aliphatic heterocycles. The molecule has 0 saturated heterocycles. The van der Waals surface area contributed by atoms with Gasteiger partial charge in [0.2, 0.25) is 6.41 Å². The van der Waals surface area contributed by atoms with Crippen molar-refractivity contribution in [2.45, 2.75) is 46.5 Å². The number of carbonyl (C=O) groups excluding carboxylic acids is 3. The highest BCUT2D eigenvalue weighted by molar-refractivity contribution is 5.98. The first-order chi connectivity index (χ1) is 10.4. The molecule has 0 aromatic rings. The van der Waals surface area contributed by atoms with Crippen LogP contribution in [0.3, 0.4) is 0 Å². The molecule has 0 radical (unpaired) electrons. The number of hydrogen-bond acceptors (Lipinski definition) is 4. The molecule has 2 amide bonds. The fourth-order valence-corrected chi connectivity index (χ4v) is 2.89. The second-order valence-corrected chi connectivity index (χ2v) is 5.95. The Morgan fingerprint density at radius 2 is 2.05 bits per heavy atom. The molecule has 0 spiro atoms. The standard InChI is InChI=1S/C16H22N2O4/c1-4-16(5-2)8-12-6-11(3)14(20)7-13(12)18(10-19)17-15(21)22-9-16/h6,10H,4-5,7-9H2,1-3H3,(H,17,21). The molecule has 120 valence electrons. The van der Waals surface area contributed by atoms with Crippen molar-refractivity contribution in [3.63, 3.8) is 0 Å². The maximum absolute atomic E-state index is 12.0. The Kier molecular flexibility index (Phi) is 4.68. The minimum atomic E-state index is -0.675. The summed E-state index contributed by atoms with van der Waals surface area (Å²) >= 11 is 0. The van der Waals surface area contributed by atoms with Gasteiger partial charge in [0.15, 0.2) is 5.78 Å². The lowest BCUT2D eigenvalue weighted by molar-refractivity contribution is -0.119. The zero-order chi connectivity index (χ0) is 16.3. The van der Waals surface area contributed by atoms with Gasteiger partial charge < -0.3 is 4.74 Å². The van der Waals surface area contributed by atoms with Crippen LogP contribution in [-0.2, 0) is 14.3 Å². The third kappa shape index (κ3) is 3.05. The van der Waals surface area contributed by atoms with Crippen LogP contribution in [0.25, 0.3) is 0 Å². The predicted molar refractivity (Wildman–Crippen MR) is 80.4 cm³/mol. The number of Topliss-reactive ketones (excluding diaryl/α,β-unsaturated/α-hetero) is 1. The van der Waals surface area contributed by atoms with Crippen LogP contribution < -0.4 is 5.43 Å². The van der Waals surface area contributed by atoms with Gasteiger partial charge in [0, 0.05) is 5.41 Å². The van der Waals surface area contributed by atoms with Crippen LogP contribution in [0, 0.1) is 5.41 Å². The fourth-order valence-electron chi connectivity index (χ4n) is 2.89. The zero-order valence-electron chi connectivity index (χ0n) is 13.3. The molecule has 0 aromatic heterocycles. The Morgan fingerprint density at radius 3 is 2.64 bits per heavy atom. The van der Waals surface area contributed by atoms with E-state index in [1.165, 1.54) is 0 Å². The number of carbonyl (C=O) groups is 3. The topological polar surface area (TPSA) is 75.7 Å². The molecular weight excluding hydrogens is 284 g/mol. The minimum Gasteiger partial charge on any atom is -0.448 e. The van der Waals surface area contributed by atoms with Crippen LogP contribution in [0.1, 0.15) is 46.5 Å². The summed E-state index contributed by atoms with van der Waals surface area (Å²) in [6, 6.07) is 0. The van der Waals surface area contributed by atoms with Crippen LogP contribution in [0.15, 0.2) is 22.9 Å². The predicted octanol–water partition coefficient (Wildman–Crippen LogP) is 2.47. The smallest absolute Gasteiger partial charge is 0.426 e. The fraction of sp³-hybridized carbons (Fsp3) is 0.562. The molecule has 0 atom stereocenters. The number of hydrogen-bond donors (Lipinski definition) is 1. The number of rotatable bonds is 3. The summed E-state index contributed by atoms with van der Waals surface area (Å²) in [4.78, 5) is 35.1. The van der Waals surface area contributed by atoms with E-state index in [0.29, 0.717) is 24.1 Å². The summed E-state index contributed by atoms with van der Waals surface area (Å²) in [7, 11) is 0. The highest BCUT2D eigenvalue weighted by atomic mass is 16.6. The lowest BCUT2D eigenvalue weighted by Crippen LogP contribution is -2.42. The van der Waals surface area contributed by atoms with Crippen molar-refractivity contribution in [1.29, 1.82) is 0 Å². The van der Waals surface area contributed by atoms with Gasteiger partial charge in [-0.2, -0.15) is 0 Å². The highest BCUT2D eigenvalue weighted by Gasteiger charge is 2.34. The maximum atomic E-state index is 12.0. The third-order valence-electron chi connectivity index (χ3n) is 4.71. The highest BCUT2D eigenvalue weighted by Crippen LogP contribution is 2.39. The summed E-state index contributed by atoms with van der Waals surface area (Å²) < 4.78 is 5.27. The number of hydrazine groups is 1. The molecule has 0 aromatic carbocycles. The molecule has 2 aliphatic rings. The van der Waals surface area contributed by atoms with E-state index in [4.69, 9.17) is 4.74 Å². The first-order valence-electron chi connectivity index (χ1n) is 7.56. The van der Waals surface area contributed by atoms with Gasteiger partial charge in [-0.25, -0.2) is 15.2 Å². The quantitative estimate of drug-likeness (QED) is 0.813. The minimum absolute atomic E-state index is 0.0430. The molecular formula is C16H22N2O4. The van der Waals surface area contributed by atoms with E-state index >= 15 is 0 Å². The number of ketones is 1. The first kappa shape index (κ1) is 16.3. The second kappa shape index (κ2) is 6.34. The molecule has 1 N–H and O–H groups in total. The van der Waals surface area contributed by atoms with Gasteiger partial charge in [0.1, 0.15) is 0 Å². The molecule has 0 fully saturated rings. The van der Waals surface area contributed by atoms with E-state index in [9.17, 15) is 14.4 Å². The molecule has 0 bridgehead atoms. The number of nitrogens with one attached hydrogen (secondary N) is 1. The van der Waals surface area contributed by atoms with Crippen LogP contribution in [-0.4, -0.2) is 29.9 Å². The molecule has 2 rings (SSSR count). The molecule has 6 heteroatoms. The Hall–Kier alpha value is -2.11. The number of nitrogens with zero attached hydrogens (tertiary/aromatic N) is 1. The van der Waals surface area contributed by atoms with Gasteiger partial charge in [0.05, 0.1) is 18.7 Å². The Morgan fingerprint density at radius 1 is 1.36 bits per heavy atom. The third-order valence-corrected chi connectivity index (χ3v) is 4.71. The van der Waals surface area contributed by atoms with Gasteiger partial charge in [-0.1, -0.05) is 19.9 Å². The number of amides is 2. The SMILES string of the molecule is CCC1(CC)COC(=O)NN(C=O)C2=C(C=C(C)C(=O)C2)C1. The molecule has 1 aliphatic carbocycles. The Balaban J connectivity index is 2.52. The van der Waals surface area contributed by atoms with Crippen LogP contribution in [0.5, 0.6) is 0 Å². The van der Waals surface area contributed by atoms with Gasteiger partial charge in [-0.15, -0.1) is 0 Å². The van der Waals surface area contributed by atoms with Crippen LogP contribution >= 0.6 is 0 Å². The van der Waals surface area contributed by atoms with E-state index in [1.54, 1.807) is 6.92 Å². The first-order valence-corrected chi connectivity index (χ1v) is 7.56. The average molecular weight is 306 g/mol. The molecule has 22 heavy (non-hydrogen) atoms. The molecule has 6 nitrogen and oxygen atoms in total. The molecule has 1 heterocycles. The monoisotopic (exact) mass is 306 g/mol. The summed E-state index contributed by atoms with van der Waals surface area (Å²) in [5, 5.41) is 1.07. The van der Waals surface area contributed by atoms with Gasteiger partial charge in [-0.05, 0) is 37.3 Å². The number of ether oxygens (including phenoxy) is 1. The second-order valence-electron chi connectivity index (χ2n) is 5.95. The summed E-state index contributed by atoms with van der Waals surface area (Å²) in [5.41, 5.74) is 4.34. The van der Waals surface area contributed by atoms with E-state index in [0.717, 1.165) is 23.4 Å². The van der Waals surface area contributed by atoms with Crippen molar-refractivity contribution >= 4 is 18.3 Å². The van der Waals surface area contributed by atoms with Crippen LogP contribution in [0.2, 0.25) is 0 Å². The van der Waals surface area contributed by atoms with Crippen molar-refractivity contribution in [2.75, 3.05) is 6.61 Å². The normalized spacial score (nSPS) is 21.8. The average Bonchev–Trinajstić information content (AvgIpc) is 2.57. The number of allylic oxidation sites excluding steroid dienone is 4. The van der Waals surface area contributed by atoms with Crippen molar-refractivity contribution in [1.82, 2.24) is 10.4 Å². The van der Waals surface area contributed by atoms with E-state index < -0.39 is 6.09 Å². The van der Waals surface area contributed by atoms with Crippen molar-refractivity contribution in [3.8, 4) is 0 Å². The number of cyclic esters (lactones) is 1. The largest absolute Gasteiger partial charge is 0.448 e. The van der Waals surface area contributed by atoms with Crippen molar-refractivity contribution in [2.24, 2.45) is 5.41 Å². The van der Waals surface area contributed by atoms with E-state index in [2.05, 4.69) is 19.3 Å². The summed E-state index contributed by atoms with van der Waals surface area (Å²) in [5.74, 6) is -0.0430. The maximum Gasteiger partial charge on any atom is 0.426 e. The van der Waals surface area contributed by atoms with E-state index in [-0.39, 0.29) is 24.2 Å². The Labute approximate surface area is 130 Å². The zero-order valence-corrected chi connectivity index (χ0v) is 13.3. The summed E-state index contributed by atoms with van der Waals surface area (Å²) in [6.07, 6.45) is 4.12. The van der Waals surface area contributed by atoms with Crippen LogP contribution in [0.4, 0.5) is 4.79 Å². The summed E-state index contributed by atoms with van der Waals surface area (Å²) in [6.45, 7) is 6.19. The van der Waals surface area contributed by atoms with E-state index in [1.807, 2.05) is 6.08 Å². The Bertz CT molecular complexity index is 558. The van der Waals surface area contributed by atoms with Crippen molar-refractivity contribution in [3.05, 3.63) is 22.9 Å².